The summed E-state index contributed by atoms with van der Waals surface area (Å²) in [5, 5.41) is 2.93. The van der Waals surface area contributed by atoms with E-state index in [9.17, 15) is 14.0 Å². The minimum atomic E-state index is -0.521. The van der Waals surface area contributed by atoms with E-state index >= 15 is 0 Å². The van der Waals surface area contributed by atoms with Crippen LogP contribution in [0.2, 0.25) is 0 Å². The molecule has 5 heterocycles. The van der Waals surface area contributed by atoms with Gasteiger partial charge >= 0.3 is 6.09 Å². The molecule has 0 saturated carbocycles. The van der Waals surface area contributed by atoms with E-state index in [4.69, 9.17) is 18.9 Å². The summed E-state index contributed by atoms with van der Waals surface area (Å²) >= 11 is 0. The van der Waals surface area contributed by atoms with Gasteiger partial charge < -0.3 is 39.0 Å². The molecular formula is C36H51FN6O6. The first kappa shape index (κ1) is 35.3. The van der Waals surface area contributed by atoms with Gasteiger partial charge in [0, 0.05) is 37.7 Å². The standard InChI is InChI=1S/C36H51FN6O6/c1-24(2)43(27-10-15-46-20-27)33(44)29-16-25(37)6-9-30(29)48-31-17-38-23-39-32(31)42-21-36(22-42)11-13-41(14-12-36)18-28-8-7-26(19-47-28)40-34(45)49-35(3,4)5/h6,9,16-17,23-24,26-28H,7-8,10-15,18-22H2,1-5H3,(H,40,45)/t26-,27+,28+/m0/s1. The summed E-state index contributed by atoms with van der Waals surface area (Å²) in [6.07, 6.45) is 7.55. The molecule has 1 spiro atoms. The first-order chi connectivity index (χ1) is 23.4. The molecular weight excluding hydrogens is 631 g/mol. The van der Waals surface area contributed by atoms with Crippen LogP contribution in [0.15, 0.2) is 30.7 Å². The lowest BCUT2D eigenvalue weighted by Crippen LogP contribution is -2.61. The van der Waals surface area contributed by atoms with E-state index < -0.39 is 17.5 Å². The molecule has 0 aliphatic carbocycles. The van der Waals surface area contributed by atoms with Gasteiger partial charge in [0.1, 0.15) is 23.5 Å². The summed E-state index contributed by atoms with van der Waals surface area (Å²) in [4.78, 5) is 41.2. The number of piperidine rings is 1. The molecule has 1 aromatic carbocycles. The highest BCUT2D eigenvalue weighted by Crippen LogP contribution is 2.45. The van der Waals surface area contributed by atoms with Gasteiger partial charge in [0.05, 0.1) is 43.2 Å². The van der Waals surface area contributed by atoms with Gasteiger partial charge in [-0.1, -0.05) is 0 Å². The number of carbonyl (C=O) groups excluding carboxylic acids is 2. The quantitative estimate of drug-likeness (QED) is 0.386. The molecule has 0 unspecified atom stereocenters. The molecule has 4 saturated heterocycles. The SMILES string of the molecule is CC(C)N(C(=O)c1cc(F)ccc1Oc1cncnc1N1CC2(CCN(C[C@H]3CC[C@H](NC(=O)OC(C)(C)C)CO3)CC2)C1)[C@@H]1CCOC1. The van der Waals surface area contributed by atoms with Crippen molar-refractivity contribution in [1.29, 1.82) is 0 Å². The topological polar surface area (TPSA) is 119 Å². The predicted molar refractivity (Wildman–Crippen MR) is 181 cm³/mol. The molecule has 2 aromatic rings. The van der Waals surface area contributed by atoms with Gasteiger partial charge in [0.15, 0.2) is 11.6 Å². The second kappa shape index (κ2) is 14.7. The van der Waals surface area contributed by atoms with E-state index in [2.05, 4.69) is 25.1 Å². The van der Waals surface area contributed by atoms with Crippen molar-refractivity contribution in [3.63, 3.8) is 0 Å². The lowest BCUT2D eigenvalue weighted by Gasteiger charge is -2.54. The highest BCUT2D eigenvalue weighted by Gasteiger charge is 2.46. The Morgan fingerprint density at radius 1 is 1.12 bits per heavy atom. The third-order valence-electron chi connectivity index (χ3n) is 9.96. The van der Waals surface area contributed by atoms with Gasteiger partial charge in [-0.15, -0.1) is 0 Å². The molecule has 0 bridgehead atoms. The third-order valence-corrected chi connectivity index (χ3v) is 9.96. The molecule has 1 N–H and O–H groups in total. The van der Waals surface area contributed by atoms with Crippen molar-refractivity contribution >= 4 is 17.8 Å². The fourth-order valence-electron chi connectivity index (χ4n) is 7.46. The Hall–Kier alpha value is -3.55. The van der Waals surface area contributed by atoms with Crippen molar-refractivity contribution < 1.29 is 32.9 Å². The van der Waals surface area contributed by atoms with E-state index in [0.29, 0.717) is 31.4 Å². The summed E-state index contributed by atoms with van der Waals surface area (Å²) in [5.41, 5.74) is -0.154. The number of hydrogen-bond donors (Lipinski definition) is 1. The minimum absolute atomic E-state index is 0.0238. The molecule has 49 heavy (non-hydrogen) atoms. The van der Waals surface area contributed by atoms with Gasteiger partial charge in [-0.2, -0.15) is 0 Å². The molecule has 4 aliphatic heterocycles. The van der Waals surface area contributed by atoms with Gasteiger partial charge in [-0.25, -0.2) is 19.2 Å². The average molecular weight is 683 g/mol. The first-order valence-corrected chi connectivity index (χ1v) is 17.6. The van der Waals surface area contributed by atoms with Crippen LogP contribution in [0.25, 0.3) is 0 Å². The summed E-state index contributed by atoms with van der Waals surface area (Å²) in [7, 11) is 0. The van der Waals surface area contributed by atoms with Gasteiger partial charge in [-0.05, 0) is 98.0 Å². The van der Waals surface area contributed by atoms with Gasteiger partial charge in [0.25, 0.3) is 5.91 Å². The molecule has 1 aromatic heterocycles. The van der Waals surface area contributed by atoms with E-state index in [0.717, 1.165) is 64.8 Å². The number of benzene rings is 1. The van der Waals surface area contributed by atoms with Gasteiger partial charge in [0.2, 0.25) is 0 Å². The number of carbonyl (C=O) groups is 2. The third kappa shape index (κ3) is 8.61. The number of nitrogens with one attached hydrogen (secondary N) is 1. The predicted octanol–water partition coefficient (Wildman–Crippen LogP) is 5.02. The number of rotatable bonds is 9. The number of aromatic nitrogens is 2. The number of halogens is 1. The Morgan fingerprint density at radius 2 is 1.90 bits per heavy atom. The van der Waals surface area contributed by atoms with Crippen molar-refractivity contribution in [1.82, 2.24) is 25.1 Å². The maximum Gasteiger partial charge on any atom is 0.407 e. The second-order valence-corrected chi connectivity index (χ2v) is 15.3. The molecule has 13 heteroatoms. The van der Waals surface area contributed by atoms with Crippen LogP contribution in [-0.2, 0) is 14.2 Å². The highest BCUT2D eigenvalue weighted by atomic mass is 19.1. The maximum atomic E-state index is 14.5. The fourth-order valence-corrected chi connectivity index (χ4v) is 7.46. The number of nitrogens with zero attached hydrogens (tertiary/aromatic N) is 5. The first-order valence-electron chi connectivity index (χ1n) is 17.6. The maximum absolute atomic E-state index is 14.5. The van der Waals surface area contributed by atoms with Crippen LogP contribution in [0.5, 0.6) is 11.5 Å². The summed E-state index contributed by atoms with van der Waals surface area (Å²) in [5.74, 6) is 0.582. The molecule has 4 fully saturated rings. The Morgan fingerprint density at radius 3 is 2.55 bits per heavy atom. The Kier molecular flexibility index (Phi) is 10.6. The van der Waals surface area contributed by atoms with Crippen LogP contribution in [0.1, 0.15) is 77.1 Å². The summed E-state index contributed by atoms with van der Waals surface area (Å²) in [6, 6.07) is 3.87. The zero-order chi connectivity index (χ0) is 34.8. The van der Waals surface area contributed by atoms with E-state index in [-0.39, 0.29) is 46.9 Å². The lowest BCUT2D eigenvalue weighted by atomic mass is 9.72. The van der Waals surface area contributed by atoms with Crippen molar-refractivity contribution in [3.05, 3.63) is 42.1 Å². The molecule has 3 atom stereocenters. The van der Waals surface area contributed by atoms with Gasteiger partial charge in [-0.3, -0.25) is 4.79 Å². The Bertz CT molecular complexity index is 1460. The number of hydrogen-bond acceptors (Lipinski definition) is 10. The molecule has 0 radical (unpaired) electrons. The Labute approximate surface area is 288 Å². The molecule has 268 valence electrons. The molecule has 6 rings (SSSR count). The minimum Gasteiger partial charge on any atom is -0.451 e. The number of anilines is 1. The zero-order valence-electron chi connectivity index (χ0n) is 29.5. The van der Waals surface area contributed by atoms with E-state index in [1.54, 1.807) is 11.1 Å². The van der Waals surface area contributed by atoms with Crippen LogP contribution >= 0.6 is 0 Å². The summed E-state index contributed by atoms with van der Waals surface area (Å²) < 4.78 is 37.9. The highest BCUT2D eigenvalue weighted by molar-refractivity contribution is 5.97. The van der Waals surface area contributed by atoms with E-state index in [1.165, 1.54) is 24.5 Å². The van der Waals surface area contributed by atoms with Crippen LogP contribution in [0.4, 0.5) is 15.0 Å². The summed E-state index contributed by atoms with van der Waals surface area (Å²) in [6.45, 7) is 15.6. The zero-order valence-corrected chi connectivity index (χ0v) is 29.5. The molecule has 12 nitrogen and oxygen atoms in total. The molecule has 2 amide bonds. The smallest absolute Gasteiger partial charge is 0.407 e. The normalized spacial score (nSPS) is 24.1. The largest absolute Gasteiger partial charge is 0.451 e. The Balaban J connectivity index is 1.02. The average Bonchev–Trinajstić information content (AvgIpc) is 3.56. The lowest BCUT2D eigenvalue weighted by molar-refractivity contribution is -0.0347. The second-order valence-electron chi connectivity index (χ2n) is 15.3. The van der Waals surface area contributed by atoms with Crippen LogP contribution in [-0.4, -0.2) is 114 Å². The number of likely N-dealkylation sites (tertiary alicyclic amines) is 1. The van der Waals surface area contributed by atoms with Crippen LogP contribution in [0, 0.1) is 11.2 Å². The molecule has 4 aliphatic rings. The van der Waals surface area contributed by atoms with Crippen LogP contribution < -0.4 is 15.0 Å². The number of ether oxygens (including phenoxy) is 4. The number of alkyl carbamates (subject to hydrolysis) is 1. The fraction of sp³-hybridized carbons (Fsp3) is 0.667. The van der Waals surface area contributed by atoms with Crippen molar-refractivity contribution in [2.24, 2.45) is 5.41 Å². The monoisotopic (exact) mass is 682 g/mol. The number of amides is 2. The van der Waals surface area contributed by atoms with Crippen molar-refractivity contribution in [3.8, 4) is 11.5 Å². The van der Waals surface area contributed by atoms with Crippen LogP contribution in [0.3, 0.4) is 0 Å². The van der Waals surface area contributed by atoms with Crippen molar-refractivity contribution in [2.45, 2.75) is 96.6 Å². The van der Waals surface area contributed by atoms with Crippen molar-refractivity contribution in [2.75, 3.05) is 57.4 Å². The van der Waals surface area contributed by atoms with E-state index in [1.807, 2.05) is 34.6 Å².